The predicted octanol–water partition coefficient (Wildman–Crippen LogP) is 9.45. The molecule has 1 N–H and O–H groups in total. The van der Waals surface area contributed by atoms with E-state index in [0.29, 0.717) is 0 Å². The van der Waals surface area contributed by atoms with E-state index in [2.05, 4.69) is 106 Å². The molecular formula is C30H24BrClN2. The van der Waals surface area contributed by atoms with Crippen molar-refractivity contribution in [3.63, 3.8) is 0 Å². The van der Waals surface area contributed by atoms with Gasteiger partial charge in [-0.1, -0.05) is 83.3 Å². The van der Waals surface area contributed by atoms with Crippen molar-refractivity contribution in [2.24, 2.45) is 0 Å². The maximum atomic E-state index is 6.15. The van der Waals surface area contributed by atoms with Crippen LogP contribution < -0.4 is 0 Å². The number of H-pyrrole nitrogens is 1. The molecule has 3 aromatic carbocycles. The highest BCUT2D eigenvalue weighted by Gasteiger charge is 2.18. The first kappa shape index (κ1) is 22.6. The van der Waals surface area contributed by atoms with Crippen molar-refractivity contribution in [3.05, 3.63) is 112 Å². The van der Waals surface area contributed by atoms with E-state index in [1.165, 1.54) is 16.7 Å². The molecule has 0 radical (unpaired) electrons. The van der Waals surface area contributed by atoms with E-state index < -0.39 is 0 Å². The van der Waals surface area contributed by atoms with Crippen molar-refractivity contribution in [3.8, 4) is 44.8 Å². The van der Waals surface area contributed by atoms with Gasteiger partial charge >= 0.3 is 0 Å². The third kappa shape index (κ3) is 4.59. The maximum Gasteiger partial charge on any atom is 0.0539 e. The number of rotatable bonds is 6. The molecule has 0 unspecified atom stereocenters. The fourth-order valence-electron chi connectivity index (χ4n) is 4.44. The maximum absolute atomic E-state index is 6.15. The number of halogens is 2. The molecule has 0 saturated heterocycles. The fraction of sp³-hybridized carbons (Fsp3) is 0.100. The summed E-state index contributed by atoms with van der Waals surface area (Å²) in [7, 11) is 0. The number of pyridine rings is 1. The number of aryl methyl sites for hydroxylation is 1. The number of aromatic nitrogens is 2. The van der Waals surface area contributed by atoms with Gasteiger partial charge in [0.2, 0.25) is 0 Å². The lowest BCUT2D eigenvalue weighted by atomic mass is 9.94. The van der Waals surface area contributed by atoms with E-state index in [9.17, 15) is 0 Å². The first-order valence-electron chi connectivity index (χ1n) is 11.4. The van der Waals surface area contributed by atoms with Gasteiger partial charge in [-0.15, -0.1) is 0 Å². The molecule has 168 valence electrons. The zero-order chi connectivity index (χ0) is 23.5. The third-order valence-electron chi connectivity index (χ3n) is 6.04. The topological polar surface area (TPSA) is 28.7 Å². The molecule has 0 atom stereocenters. The van der Waals surface area contributed by atoms with Crippen LogP contribution in [0.25, 0.3) is 44.8 Å². The Kier molecular flexibility index (Phi) is 6.66. The van der Waals surface area contributed by atoms with E-state index in [0.717, 1.165) is 56.0 Å². The smallest absolute Gasteiger partial charge is 0.0539 e. The molecule has 2 heterocycles. The van der Waals surface area contributed by atoms with Crippen LogP contribution in [0.5, 0.6) is 0 Å². The van der Waals surface area contributed by atoms with Crippen molar-refractivity contribution in [1.29, 1.82) is 0 Å². The van der Waals surface area contributed by atoms with Crippen LogP contribution >= 0.6 is 27.5 Å². The summed E-state index contributed by atoms with van der Waals surface area (Å²) in [5.74, 6) is 0. The highest BCUT2D eigenvalue weighted by Crippen LogP contribution is 2.41. The molecule has 0 aliphatic carbocycles. The molecule has 0 aliphatic rings. The number of hydrogen-bond acceptors (Lipinski definition) is 1. The molecule has 0 bridgehead atoms. The lowest BCUT2D eigenvalue weighted by Crippen LogP contribution is -1.91. The van der Waals surface area contributed by atoms with Gasteiger partial charge in [-0.05, 0) is 71.1 Å². The molecule has 4 heteroatoms. The minimum absolute atomic E-state index is 0.737. The minimum atomic E-state index is 0.737. The van der Waals surface area contributed by atoms with Gasteiger partial charge in [0.05, 0.1) is 5.69 Å². The van der Waals surface area contributed by atoms with Crippen molar-refractivity contribution >= 4 is 27.5 Å². The Morgan fingerprint density at radius 2 is 1.50 bits per heavy atom. The lowest BCUT2D eigenvalue weighted by Gasteiger charge is -2.11. The van der Waals surface area contributed by atoms with E-state index in [1.807, 2.05) is 24.5 Å². The van der Waals surface area contributed by atoms with Crippen LogP contribution in [0.1, 0.15) is 18.9 Å². The highest BCUT2D eigenvalue weighted by atomic mass is 79.9. The molecule has 2 aromatic heterocycles. The summed E-state index contributed by atoms with van der Waals surface area (Å²) in [4.78, 5) is 7.98. The van der Waals surface area contributed by atoms with Gasteiger partial charge < -0.3 is 4.98 Å². The Labute approximate surface area is 213 Å². The Bertz CT molecular complexity index is 1420. The Morgan fingerprint density at radius 1 is 0.765 bits per heavy atom. The lowest BCUT2D eigenvalue weighted by molar-refractivity contribution is 0.923. The van der Waals surface area contributed by atoms with Crippen LogP contribution in [0.4, 0.5) is 0 Å². The quantitative estimate of drug-likeness (QED) is 0.234. The van der Waals surface area contributed by atoms with Crippen molar-refractivity contribution in [2.45, 2.75) is 19.8 Å². The van der Waals surface area contributed by atoms with Crippen molar-refractivity contribution < 1.29 is 0 Å². The Hall–Kier alpha value is -3.14. The van der Waals surface area contributed by atoms with Gasteiger partial charge in [-0.25, -0.2) is 0 Å². The summed E-state index contributed by atoms with van der Waals surface area (Å²) in [6, 6.07) is 29.5. The zero-order valence-electron chi connectivity index (χ0n) is 18.9. The number of benzene rings is 3. The van der Waals surface area contributed by atoms with Crippen LogP contribution in [-0.2, 0) is 6.42 Å². The van der Waals surface area contributed by atoms with Crippen LogP contribution in [0.15, 0.2) is 102 Å². The number of nitrogens with one attached hydrogen (secondary N) is 1. The summed E-state index contributed by atoms with van der Waals surface area (Å²) in [6.07, 6.45) is 5.81. The zero-order valence-corrected chi connectivity index (χ0v) is 21.2. The molecule has 2 nitrogen and oxygen atoms in total. The molecule has 0 spiro atoms. The van der Waals surface area contributed by atoms with E-state index in [-0.39, 0.29) is 0 Å². The summed E-state index contributed by atoms with van der Waals surface area (Å²) in [6.45, 7) is 2.22. The molecule has 0 fully saturated rings. The summed E-state index contributed by atoms with van der Waals surface area (Å²) in [5.41, 5.74) is 10.5. The van der Waals surface area contributed by atoms with E-state index in [4.69, 9.17) is 11.6 Å². The van der Waals surface area contributed by atoms with Crippen LogP contribution in [0, 0.1) is 0 Å². The standard InChI is InChI=1S/C30H24BrClN2/c1-2-5-20-8-11-23(31)18-27(20)28-19-29(34-30(28)22-14-16-33-17-15-22)26-7-4-3-6-25(26)21-9-12-24(32)13-10-21/h3-4,6-19,34H,2,5H2,1H3. The monoisotopic (exact) mass is 526 g/mol. The minimum Gasteiger partial charge on any atom is -0.354 e. The second-order valence-corrected chi connectivity index (χ2v) is 9.66. The molecule has 5 rings (SSSR count). The SMILES string of the molecule is CCCc1ccc(Br)cc1-c1cc(-c2ccccc2-c2ccc(Cl)cc2)[nH]c1-c1ccncc1. The van der Waals surface area contributed by atoms with Crippen molar-refractivity contribution in [2.75, 3.05) is 0 Å². The van der Waals surface area contributed by atoms with Gasteiger partial charge in [0.1, 0.15) is 0 Å². The average molecular weight is 528 g/mol. The number of nitrogens with zero attached hydrogens (tertiary/aromatic N) is 1. The highest BCUT2D eigenvalue weighted by molar-refractivity contribution is 9.10. The second-order valence-electron chi connectivity index (χ2n) is 8.31. The fourth-order valence-corrected chi connectivity index (χ4v) is 4.93. The van der Waals surface area contributed by atoms with E-state index in [1.54, 1.807) is 0 Å². The summed E-state index contributed by atoms with van der Waals surface area (Å²) < 4.78 is 1.08. The Morgan fingerprint density at radius 3 is 2.24 bits per heavy atom. The number of aromatic amines is 1. The molecule has 0 aliphatic heterocycles. The van der Waals surface area contributed by atoms with Crippen LogP contribution in [0.2, 0.25) is 5.02 Å². The van der Waals surface area contributed by atoms with Gasteiger partial charge in [-0.3, -0.25) is 4.98 Å². The first-order valence-corrected chi connectivity index (χ1v) is 12.6. The first-order chi connectivity index (χ1) is 16.6. The molecular weight excluding hydrogens is 504 g/mol. The molecule has 0 amide bonds. The number of hydrogen-bond donors (Lipinski definition) is 1. The van der Waals surface area contributed by atoms with Gasteiger partial charge in [0, 0.05) is 44.3 Å². The third-order valence-corrected chi connectivity index (χ3v) is 6.79. The van der Waals surface area contributed by atoms with E-state index >= 15 is 0 Å². The van der Waals surface area contributed by atoms with Gasteiger partial charge in [0.25, 0.3) is 0 Å². The average Bonchev–Trinajstić information content (AvgIpc) is 3.31. The van der Waals surface area contributed by atoms with Crippen molar-refractivity contribution in [1.82, 2.24) is 9.97 Å². The largest absolute Gasteiger partial charge is 0.354 e. The van der Waals surface area contributed by atoms with Crippen LogP contribution in [-0.4, -0.2) is 9.97 Å². The summed E-state index contributed by atoms with van der Waals surface area (Å²) in [5, 5.41) is 0.737. The molecule has 34 heavy (non-hydrogen) atoms. The summed E-state index contributed by atoms with van der Waals surface area (Å²) >= 11 is 9.85. The molecule has 0 saturated carbocycles. The second kappa shape index (κ2) is 10.0. The molecule has 5 aromatic rings. The van der Waals surface area contributed by atoms with Crippen LogP contribution in [0.3, 0.4) is 0 Å². The van der Waals surface area contributed by atoms with Gasteiger partial charge in [0.15, 0.2) is 0 Å². The normalized spacial score (nSPS) is 11.0. The Balaban J connectivity index is 1.73. The predicted molar refractivity (Wildman–Crippen MR) is 147 cm³/mol. The van der Waals surface area contributed by atoms with Gasteiger partial charge in [-0.2, -0.15) is 0 Å².